The van der Waals surface area contributed by atoms with Crippen LogP contribution in [0.2, 0.25) is 0 Å². The summed E-state index contributed by atoms with van der Waals surface area (Å²) in [6.45, 7) is 6.00. The molecule has 3 rings (SSSR count). The summed E-state index contributed by atoms with van der Waals surface area (Å²) < 4.78 is 0. The lowest BCUT2D eigenvalue weighted by Gasteiger charge is -2.34. The molecule has 0 aromatic heterocycles. The Kier molecular flexibility index (Phi) is 4.69. The lowest BCUT2D eigenvalue weighted by atomic mass is 9.74. The average Bonchev–Trinajstić information content (AvgIpc) is 3.42. The van der Waals surface area contributed by atoms with Crippen LogP contribution in [0.25, 0.3) is 0 Å². The van der Waals surface area contributed by atoms with Gasteiger partial charge in [0.25, 0.3) is 0 Å². The first-order valence-corrected chi connectivity index (χ1v) is 9.07. The maximum absolute atomic E-state index is 3.85. The van der Waals surface area contributed by atoms with Crippen molar-refractivity contribution in [3.8, 4) is 0 Å². The van der Waals surface area contributed by atoms with Gasteiger partial charge in [0.05, 0.1) is 0 Å². The molecule has 2 fully saturated rings. The maximum atomic E-state index is 3.85. The van der Waals surface area contributed by atoms with Crippen molar-refractivity contribution in [3.05, 3.63) is 35.9 Å². The van der Waals surface area contributed by atoms with E-state index in [0.29, 0.717) is 5.41 Å². The van der Waals surface area contributed by atoms with Crippen molar-refractivity contribution in [2.75, 3.05) is 6.54 Å². The predicted octanol–water partition coefficient (Wildman–Crippen LogP) is 5.13. The van der Waals surface area contributed by atoms with Crippen LogP contribution in [-0.2, 0) is 0 Å². The first-order valence-electron chi connectivity index (χ1n) is 9.07. The minimum atomic E-state index is 0.541. The van der Waals surface area contributed by atoms with Gasteiger partial charge in [0.1, 0.15) is 0 Å². The van der Waals surface area contributed by atoms with Gasteiger partial charge in [-0.05, 0) is 54.9 Å². The van der Waals surface area contributed by atoms with Gasteiger partial charge >= 0.3 is 0 Å². The van der Waals surface area contributed by atoms with Crippen LogP contribution in [0.4, 0.5) is 0 Å². The molecule has 0 heterocycles. The van der Waals surface area contributed by atoms with Gasteiger partial charge < -0.3 is 5.32 Å². The normalized spacial score (nSPS) is 27.3. The molecule has 0 spiro atoms. The van der Waals surface area contributed by atoms with Crippen LogP contribution in [-0.4, -0.2) is 12.6 Å². The van der Waals surface area contributed by atoms with E-state index in [-0.39, 0.29) is 0 Å². The van der Waals surface area contributed by atoms with E-state index in [1.165, 1.54) is 51.5 Å². The quantitative estimate of drug-likeness (QED) is 0.663. The average molecular weight is 285 g/mol. The highest BCUT2D eigenvalue weighted by molar-refractivity contribution is 5.27. The largest absolute Gasteiger partial charge is 0.313 e. The lowest BCUT2D eigenvalue weighted by molar-refractivity contribution is 0.187. The van der Waals surface area contributed by atoms with E-state index in [9.17, 15) is 0 Å². The van der Waals surface area contributed by atoms with Gasteiger partial charge in [-0.2, -0.15) is 0 Å². The van der Waals surface area contributed by atoms with Crippen LogP contribution in [0.5, 0.6) is 0 Å². The molecule has 0 aliphatic heterocycles. The molecule has 0 radical (unpaired) electrons. The molecule has 2 saturated carbocycles. The highest BCUT2D eigenvalue weighted by Crippen LogP contribution is 2.60. The van der Waals surface area contributed by atoms with Crippen LogP contribution >= 0.6 is 0 Å². The summed E-state index contributed by atoms with van der Waals surface area (Å²) in [7, 11) is 0. The summed E-state index contributed by atoms with van der Waals surface area (Å²) in [6, 6.07) is 12.0. The molecule has 1 nitrogen and oxygen atoms in total. The van der Waals surface area contributed by atoms with Gasteiger partial charge in [0, 0.05) is 12.6 Å². The van der Waals surface area contributed by atoms with Gasteiger partial charge in [-0.25, -0.2) is 0 Å². The number of nitrogens with one attached hydrogen (secondary N) is 1. The van der Waals surface area contributed by atoms with E-state index in [1.54, 1.807) is 5.56 Å². The molecule has 0 amide bonds. The second-order valence-corrected chi connectivity index (χ2v) is 7.33. The molecule has 2 aliphatic carbocycles. The summed E-state index contributed by atoms with van der Waals surface area (Å²) in [5, 5.41) is 3.85. The zero-order valence-electron chi connectivity index (χ0n) is 13.8. The molecule has 3 unspecified atom stereocenters. The molecule has 1 aromatic carbocycles. The summed E-state index contributed by atoms with van der Waals surface area (Å²) in [6.07, 6.45) is 9.68. The Morgan fingerprint density at radius 1 is 1.14 bits per heavy atom. The van der Waals surface area contributed by atoms with Crippen molar-refractivity contribution in [1.82, 2.24) is 5.32 Å². The molecule has 21 heavy (non-hydrogen) atoms. The van der Waals surface area contributed by atoms with Crippen LogP contribution in [0.1, 0.15) is 70.3 Å². The third kappa shape index (κ3) is 3.51. The van der Waals surface area contributed by atoms with Gasteiger partial charge in [-0.1, -0.05) is 57.0 Å². The van der Waals surface area contributed by atoms with Crippen molar-refractivity contribution in [3.63, 3.8) is 0 Å². The fraction of sp³-hybridized carbons (Fsp3) is 0.700. The van der Waals surface area contributed by atoms with Crippen LogP contribution in [0, 0.1) is 11.3 Å². The van der Waals surface area contributed by atoms with Crippen molar-refractivity contribution >= 4 is 0 Å². The van der Waals surface area contributed by atoms with Gasteiger partial charge in [0.2, 0.25) is 0 Å². The molecular weight excluding hydrogens is 254 g/mol. The van der Waals surface area contributed by atoms with E-state index in [1.807, 2.05) is 0 Å². The van der Waals surface area contributed by atoms with Crippen molar-refractivity contribution in [2.24, 2.45) is 11.3 Å². The molecule has 1 N–H and O–H groups in total. The molecule has 1 aromatic rings. The van der Waals surface area contributed by atoms with E-state index in [4.69, 9.17) is 0 Å². The number of hydrogen-bond acceptors (Lipinski definition) is 1. The van der Waals surface area contributed by atoms with E-state index < -0.39 is 0 Å². The first kappa shape index (κ1) is 15.1. The SMILES string of the molecule is CCCCC(CC)(CNC1CC1)C1CC1c1ccccc1. The third-order valence-electron chi connectivity index (χ3n) is 5.86. The Morgan fingerprint density at radius 3 is 2.52 bits per heavy atom. The second kappa shape index (κ2) is 6.52. The third-order valence-corrected chi connectivity index (χ3v) is 5.86. The molecule has 0 bridgehead atoms. The Balaban J connectivity index is 1.68. The van der Waals surface area contributed by atoms with E-state index in [0.717, 1.165) is 17.9 Å². The molecule has 116 valence electrons. The number of rotatable bonds is 9. The van der Waals surface area contributed by atoms with Crippen LogP contribution in [0.15, 0.2) is 30.3 Å². The summed E-state index contributed by atoms with van der Waals surface area (Å²) >= 11 is 0. The molecule has 3 atom stereocenters. The molecular formula is C20H31N. The molecule has 2 aliphatic rings. The predicted molar refractivity (Wildman–Crippen MR) is 90.6 cm³/mol. The van der Waals surface area contributed by atoms with E-state index in [2.05, 4.69) is 49.5 Å². The van der Waals surface area contributed by atoms with Gasteiger partial charge in [-0.15, -0.1) is 0 Å². The molecule has 1 heteroatoms. The molecule has 0 saturated heterocycles. The van der Waals surface area contributed by atoms with Crippen molar-refractivity contribution in [2.45, 2.75) is 70.8 Å². The lowest BCUT2D eigenvalue weighted by Crippen LogP contribution is -2.37. The van der Waals surface area contributed by atoms with Crippen LogP contribution < -0.4 is 5.32 Å². The first-order chi connectivity index (χ1) is 10.3. The number of hydrogen-bond donors (Lipinski definition) is 1. The number of unbranched alkanes of at least 4 members (excludes halogenated alkanes) is 1. The minimum absolute atomic E-state index is 0.541. The Hall–Kier alpha value is -0.820. The highest BCUT2D eigenvalue weighted by Gasteiger charge is 2.51. The zero-order chi connectivity index (χ0) is 14.7. The highest BCUT2D eigenvalue weighted by atomic mass is 15.0. The standard InChI is InChI=1S/C20H31N/c1-3-5-13-20(4-2,15-21-17-11-12-17)19-14-18(19)16-9-7-6-8-10-16/h6-10,17-19,21H,3-5,11-15H2,1-2H3. The van der Waals surface area contributed by atoms with Crippen molar-refractivity contribution in [1.29, 1.82) is 0 Å². The Morgan fingerprint density at radius 2 is 1.90 bits per heavy atom. The second-order valence-electron chi connectivity index (χ2n) is 7.33. The summed E-state index contributed by atoms with van der Waals surface area (Å²) in [5.41, 5.74) is 2.11. The zero-order valence-corrected chi connectivity index (χ0v) is 13.8. The summed E-state index contributed by atoms with van der Waals surface area (Å²) in [4.78, 5) is 0. The Bertz CT molecular complexity index is 436. The number of benzene rings is 1. The maximum Gasteiger partial charge on any atom is 0.00684 e. The monoisotopic (exact) mass is 285 g/mol. The van der Waals surface area contributed by atoms with Gasteiger partial charge in [0.15, 0.2) is 0 Å². The van der Waals surface area contributed by atoms with Crippen LogP contribution in [0.3, 0.4) is 0 Å². The summed E-state index contributed by atoms with van der Waals surface area (Å²) in [5.74, 6) is 1.73. The van der Waals surface area contributed by atoms with Crippen molar-refractivity contribution < 1.29 is 0 Å². The fourth-order valence-corrected chi connectivity index (χ4v) is 4.07. The smallest absolute Gasteiger partial charge is 0.00684 e. The topological polar surface area (TPSA) is 12.0 Å². The van der Waals surface area contributed by atoms with E-state index >= 15 is 0 Å². The van der Waals surface area contributed by atoms with Gasteiger partial charge in [-0.3, -0.25) is 0 Å². The fourth-order valence-electron chi connectivity index (χ4n) is 4.07. The Labute approximate surface area is 130 Å². The minimum Gasteiger partial charge on any atom is -0.313 e.